The molecule has 0 heterocycles. The van der Waals surface area contributed by atoms with Crippen molar-refractivity contribution < 1.29 is 0 Å². The monoisotopic (exact) mass is 217 g/mol. The summed E-state index contributed by atoms with van der Waals surface area (Å²) in [6, 6.07) is 9.83. The smallest absolute Gasteiger partial charge is 0.00417 e. The van der Waals surface area contributed by atoms with E-state index in [9.17, 15) is 0 Å². The van der Waals surface area contributed by atoms with Crippen LogP contribution in [0.5, 0.6) is 0 Å². The molecule has 1 unspecified atom stereocenters. The van der Waals surface area contributed by atoms with Crippen LogP contribution in [-0.4, -0.2) is 12.6 Å². The van der Waals surface area contributed by atoms with Crippen LogP contribution in [0.4, 0.5) is 0 Å². The van der Waals surface area contributed by atoms with Gasteiger partial charge < -0.3 is 5.32 Å². The van der Waals surface area contributed by atoms with E-state index in [2.05, 4.69) is 43.4 Å². The van der Waals surface area contributed by atoms with E-state index in [-0.39, 0.29) is 0 Å². The van der Waals surface area contributed by atoms with E-state index in [1.807, 2.05) is 0 Å². The lowest BCUT2D eigenvalue weighted by Crippen LogP contribution is -2.25. The van der Waals surface area contributed by atoms with Gasteiger partial charge in [-0.2, -0.15) is 0 Å². The van der Waals surface area contributed by atoms with Gasteiger partial charge in [0, 0.05) is 6.04 Å². The molecule has 0 saturated heterocycles. The summed E-state index contributed by atoms with van der Waals surface area (Å²) in [7, 11) is 0. The highest BCUT2D eigenvalue weighted by atomic mass is 14.9. The molecule has 0 aromatic heterocycles. The van der Waals surface area contributed by atoms with E-state index in [4.69, 9.17) is 0 Å². The van der Waals surface area contributed by atoms with Gasteiger partial charge in [0.25, 0.3) is 0 Å². The zero-order valence-corrected chi connectivity index (χ0v) is 10.5. The molecular formula is C15H23N. The fraction of sp³-hybridized carbons (Fsp3) is 0.600. The third-order valence-corrected chi connectivity index (χ3v) is 3.42. The van der Waals surface area contributed by atoms with Crippen LogP contribution < -0.4 is 5.32 Å². The van der Waals surface area contributed by atoms with E-state index < -0.39 is 0 Å². The second-order valence-electron chi connectivity index (χ2n) is 5.02. The van der Waals surface area contributed by atoms with Crippen LogP contribution in [0.15, 0.2) is 24.3 Å². The summed E-state index contributed by atoms with van der Waals surface area (Å²) >= 11 is 0. The van der Waals surface area contributed by atoms with Crippen LogP contribution in [0.1, 0.15) is 50.2 Å². The second kappa shape index (κ2) is 5.49. The molecule has 1 aromatic rings. The molecule has 0 spiro atoms. The molecule has 0 aliphatic heterocycles. The lowest BCUT2D eigenvalue weighted by atomic mass is 10.0. The lowest BCUT2D eigenvalue weighted by molar-refractivity contribution is 0.530. The molecule has 88 valence electrons. The van der Waals surface area contributed by atoms with Crippen LogP contribution in [0.25, 0.3) is 0 Å². The Hall–Kier alpha value is -0.820. The number of nitrogens with one attached hydrogen (secondary N) is 1. The first-order chi connectivity index (χ1) is 7.79. The van der Waals surface area contributed by atoms with Gasteiger partial charge in [-0.25, -0.2) is 0 Å². The van der Waals surface area contributed by atoms with Gasteiger partial charge in [-0.3, -0.25) is 0 Å². The quantitative estimate of drug-likeness (QED) is 0.769. The number of aryl methyl sites for hydroxylation is 1. The molecule has 1 fully saturated rings. The summed E-state index contributed by atoms with van der Waals surface area (Å²) in [4.78, 5) is 0. The minimum atomic E-state index is 0.634. The van der Waals surface area contributed by atoms with Crippen molar-refractivity contribution in [3.8, 4) is 0 Å². The Kier molecular flexibility index (Phi) is 4.00. The van der Waals surface area contributed by atoms with Gasteiger partial charge in [-0.1, -0.05) is 31.2 Å². The number of rotatable bonds is 6. The fourth-order valence-corrected chi connectivity index (χ4v) is 2.25. The van der Waals surface area contributed by atoms with Crippen LogP contribution >= 0.6 is 0 Å². The molecule has 1 nitrogen and oxygen atoms in total. The molecule has 16 heavy (non-hydrogen) atoms. The second-order valence-corrected chi connectivity index (χ2v) is 5.02. The van der Waals surface area contributed by atoms with E-state index in [1.165, 1.54) is 31.2 Å². The molecule has 1 aliphatic carbocycles. The molecule has 0 amide bonds. The van der Waals surface area contributed by atoms with Crippen molar-refractivity contribution >= 4 is 0 Å². The standard InChI is InChI=1S/C15H23N/c1-3-16-12(2)7-8-13-5-4-6-15(11-13)14-9-10-14/h4-6,11-12,14,16H,3,7-10H2,1-2H3. The molecule has 2 rings (SSSR count). The van der Waals surface area contributed by atoms with Crippen molar-refractivity contribution in [3.05, 3.63) is 35.4 Å². The summed E-state index contributed by atoms with van der Waals surface area (Å²) in [6.45, 7) is 5.52. The topological polar surface area (TPSA) is 12.0 Å². The SMILES string of the molecule is CCNC(C)CCc1cccc(C2CC2)c1. The molecule has 1 aliphatic rings. The Morgan fingerprint density at radius 1 is 1.38 bits per heavy atom. The zero-order valence-electron chi connectivity index (χ0n) is 10.5. The lowest BCUT2D eigenvalue weighted by Gasteiger charge is -2.12. The van der Waals surface area contributed by atoms with Gasteiger partial charge in [-0.15, -0.1) is 0 Å². The summed E-state index contributed by atoms with van der Waals surface area (Å²) in [6.07, 6.45) is 5.24. The first-order valence-corrected chi connectivity index (χ1v) is 6.62. The van der Waals surface area contributed by atoms with Crippen molar-refractivity contribution in [2.24, 2.45) is 0 Å². The van der Waals surface area contributed by atoms with Gasteiger partial charge >= 0.3 is 0 Å². The van der Waals surface area contributed by atoms with E-state index in [1.54, 1.807) is 5.56 Å². The Bertz CT molecular complexity index is 328. The third-order valence-electron chi connectivity index (χ3n) is 3.42. The van der Waals surface area contributed by atoms with E-state index in [0.29, 0.717) is 6.04 Å². The predicted molar refractivity (Wildman–Crippen MR) is 69.9 cm³/mol. The molecule has 1 aromatic carbocycles. The van der Waals surface area contributed by atoms with Gasteiger partial charge in [0.2, 0.25) is 0 Å². The van der Waals surface area contributed by atoms with Crippen LogP contribution in [0, 0.1) is 0 Å². The maximum absolute atomic E-state index is 3.47. The first kappa shape index (κ1) is 11.7. The van der Waals surface area contributed by atoms with Crippen molar-refractivity contribution in [1.82, 2.24) is 5.32 Å². The maximum Gasteiger partial charge on any atom is 0.00417 e. The van der Waals surface area contributed by atoms with Gasteiger partial charge in [0.1, 0.15) is 0 Å². The van der Waals surface area contributed by atoms with Gasteiger partial charge in [-0.05, 0) is 56.2 Å². The minimum absolute atomic E-state index is 0.634. The average Bonchev–Trinajstić information content (AvgIpc) is 3.11. The van der Waals surface area contributed by atoms with Crippen molar-refractivity contribution in [1.29, 1.82) is 0 Å². The zero-order chi connectivity index (χ0) is 11.4. The van der Waals surface area contributed by atoms with E-state index >= 15 is 0 Å². The Morgan fingerprint density at radius 2 is 2.19 bits per heavy atom. The van der Waals surface area contributed by atoms with Crippen LogP contribution in [-0.2, 0) is 6.42 Å². The largest absolute Gasteiger partial charge is 0.315 e. The normalized spacial score (nSPS) is 17.4. The molecule has 0 bridgehead atoms. The van der Waals surface area contributed by atoms with Gasteiger partial charge in [0.15, 0.2) is 0 Å². The molecular weight excluding hydrogens is 194 g/mol. The summed E-state index contributed by atoms with van der Waals surface area (Å²) < 4.78 is 0. The summed E-state index contributed by atoms with van der Waals surface area (Å²) in [5, 5.41) is 3.47. The first-order valence-electron chi connectivity index (χ1n) is 6.62. The third kappa shape index (κ3) is 3.34. The number of benzene rings is 1. The fourth-order valence-electron chi connectivity index (χ4n) is 2.25. The molecule has 1 atom stereocenters. The van der Waals surface area contributed by atoms with Crippen LogP contribution in [0.3, 0.4) is 0 Å². The molecule has 0 radical (unpaired) electrons. The highest BCUT2D eigenvalue weighted by molar-refractivity contribution is 5.29. The highest BCUT2D eigenvalue weighted by Gasteiger charge is 2.23. The summed E-state index contributed by atoms with van der Waals surface area (Å²) in [5.74, 6) is 0.881. The van der Waals surface area contributed by atoms with Crippen molar-refractivity contribution in [2.75, 3.05) is 6.54 Å². The van der Waals surface area contributed by atoms with Gasteiger partial charge in [0.05, 0.1) is 0 Å². The van der Waals surface area contributed by atoms with Crippen molar-refractivity contribution in [3.63, 3.8) is 0 Å². The van der Waals surface area contributed by atoms with Crippen LogP contribution in [0.2, 0.25) is 0 Å². The predicted octanol–water partition coefficient (Wildman–Crippen LogP) is 3.49. The average molecular weight is 217 g/mol. The Labute approximate surface area is 99.3 Å². The Morgan fingerprint density at radius 3 is 2.88 bits per heavy atom. The molecule has 1 saturated carbocycles. The number of hydrogen-bond acceptors (Lipinski definition) is 1. The molecule has 1 heteroatoms. The van der Waals surface area contributed by atoms with Crippen molar-refractivity contribution in [2.45, 2.75) is 51.5 Å². The Balaban J connectivity index is 1.86. The number of hydrogen-bond donors (Lipinski definition) is 1. The van der Waals surface area contributed by atoms with E-state index in [0.717, 1.165) is 12.5 Å². The highest BCUT2D eigenvalue weighted by Crippen LogP contribution is 2.40. The maximum atomic E-state index is 3.47. The minimum Gasteiger partial charge on any atom is -0.315 e. The molecule has 1 N–H and O–H groups in total. The summed E-state index contributed by atoms with van der Waals surface area (Å²) in [5.41, 5.74) is 3.07.